The highest BCUT2D eigenvalue weighted by Crippen LogP contribution is 2.60. The lowest BCUT2D eigenvalue weighted by Crippen LogP contribution is -2.26. The number of rotatable bonds is 5. The standard InChI is InChI=1S/C40H36F3P/c1-6-29-33-20-28-16-10-11-17-30(28)34(33)21-35(39(29)44(40(41,42)43)22-27-14-8-7-9-15-27)38-32-19-13-12-18-31(32)36-25(4)23(2)24(3)26(5)37(36)38/h7-19,21,38H,6,20,22H2,1-5H3. The van der Waals surface area contributed by atoms with E-state index < -0.39 is 13.8 Å². The van der Waals surface area contributed by atoms with Gasteiger partial charge in [-0.25, -0.2) is 0 Å². The Morgan fingerprint density at radius 3 is 2.05 bits per heavy atom. The van der Waals surface area contributed by atoms with E-state index in [9.17, 15) is 0 Å². The normalized spacial score (nSPS) is 15.5. The Morgan fingerprint density at radius 2 is 1.34 bits per heavy atom. The minimum absolute atomic E-state index is 0.0163. The third-order valence-electron chi connectivity index (χ3n) is 10.2. The van der Waals surface area contributed by atoms with Crippen molar-refractivity contribution in [1.82, 2.24) is 0 Å². The second kappa shape index (κ2) is 10.7. The summed E-state index contributed by atoms with van der Waals surface area (Å²) in [5, 5.41) is 0.549. The predicted molar refractivity (Wildman–Crippen MR) is 179 cm³/mol. The van der Waals surface area contributed by atoms with Crippen molar-refractivity contribution in [2.24, 2.45) is 0 Å². The van der Waals surface area contributed by atoms with E-state index in [1.54, 1.807) is 0 Å². The Kier molecular flexibility index (Phi) is 7.09. The number of hydrogen-bond donors (Lipinski definition) is 0. The fourth-order valence-electron chi connectivity index (χ4n) is 7.85. The van der Waals surface area contributed by atoms with Gasteiger partial charge in [0.15, 0.2) is 0 Å². The van der Waals surface area contributed by atoms with Crippen molar-refractivity contribution in [3.05, 3.63) is 146 Å². The van der Waals surface area contributed by atoms with Gasteiger partial charge in [-0.2, -0.15) is 13.2 Å². The van der Waals surface area contributed by atoms with Gasteiger partial charge in [-0.3, -0.25) is 0 Å². The fraction of sp³-hybridized carbons (Fsp3) is 0.250. The number of fused-ring (bicyclic) bond motifs is 6. The lowest BCUT2D eigenvalue weighted by Gasteiger charge is -2.31. The van der Waals surface area contributed by atoms with Gasteiger partial charge in [0.2, 0.25) is 0 Å². The zero-order valence-corrected chi connectivity index (χ0v) is 26.8. The van der Waals surface area contributed by atoms with E-state index in [4.69, 9.17) is 0 Å². The molecule has 0 nitrogen and oxygen atoms in total. The second-order valence-corrected chi connectivity index (χ2v) is 14.5. The van der Waals surface area contributed by atoms with Crippen molar-refractivity contribution in [3.8, 4) is 22.3 Å². The molecule has 0 saturated carbocycles. The van der Waals surface area contributed by atoms with Crippen LogP contribution in [0, 0.1) is 27.7 Å². The molecule has 0 spiro atoms. The van der Waals surface area contributed by atoms with Crippen LogP contribution in [0.2, 0.25) is 0 Å². The van der Waals surface area contributed by atoms with Gasteiger partial charge in [-0.1, -0.05) is 85.8 Å². The van der Waals surface area contributed by atoms with Crippen molar-refractivity contribution < 1.29 is 13.2 Å². The van der Waals surface area contributed by atoms with Crippen LogP contribution in [0.5, 0.6) is 0 Å². The van der Waals surface area contributed by atoms with Crippen LogP contribution in [-0.2, 0) is 19.0 Å². The Morgan fingerprint density at radius 1 is 0.705 bits per heavy atom. The smallest absolute Gasteiger partial charge is 0.167 e. The highest BCUT2D eigenvalue weighted by atomic mass is 31.1. The van der Waals surface area contributed by atoms with Gasteiger partial charge < -0.3 is 0 Å². The summed E-state index contributed by atoms with van der Waals surface area (Å²) in [6, 6.07) is 28.2. The summed E-state index contributed by atoms with van der Waals surface area (Å²) < 4.78 is 46.7. The topological polar surface area (TPSA) is 0 Å². The Balaban J connectivity index is 1.60. The van der Waals surface area contributed by atoms with E-state index in [0.717, 1.165) is 44.5 Å². The largest absolute Gasteiger partial charge is 0.409 e. The first-order valence-electron chi connectivity index (χ1n) is 15.5. The van der Waals surface area contributed by atoms with Crippen LogP contribution < -0.4 is 5.30 Å². The minimum Gasteiger partial charge on any atom is -0.167 e. The molecule has 4 heteroatoms. The van der Waals surface area contributed by atoms with Crippen LogP contribution in [-0.4, -0.2) is 5.92 Å². The molecule has 0 radical (unpaired) electrons. The lowest BCUT2D eigenvalue weighted by molar-refractivity contribution is -0.0393. The first-order chi connectivity index (χ1) is 21.1. The van der Waals surface area contributed by atoms with Gasteiger partial charge in [-0.05, 0) is 135 Å². The van der Waals surface area contributed by atoms with Crippen LogP contribution in [0.25, 0.3) is 22.3 Å². The molecule has 7 rings (SSSR count). The molecule has 2 aliphatic carbocycles. The third-order valence-corrected chi connectivity index (χ3v) is 12.6. The molecule has 5 aromatic carbocycles. The monoisotopic (exact) mass is 604 g/mol. The third kappa shape index (κ3) is 4.39. The molecule has 5 aromatic rings. The van der Waals surface area contributed by atoms with E-state index in [2.05, 4.69) is 64.1 Å². The molecule has 0 bridgehead atoms. The minimum atomic E-state index is -4.35. The summed E-state index contributed by atoms with van der Waals surface area (Å²) >= 11 is 0. The van der Waals surface area contributed by atoms with Gasteiger partial charge in [-0.15, -0.1) is 0 Å². The first-order valence-corrected chi connectivity index (χ1v) is 17.0. The average Bonchev–Trinajstić information content (AvgIpc) is 3.57. The summed E-state index contributed by atoms with van der Waals surface area (Å²) in [5.74, 6) is -4.61. The molecule has 0 fully saturated rings. The molecule has 0 aromatic heterocycles. The maximum atomic E-state index is 15.6. The van der Waals surface area contributed by atoms with E-state index in [1.807, 2.05) is 55.5 Å². The molecule has 222 valence electrons. The Labute approximate surface area is 259 Å². The van der Waals surface area contributed by atoms with Crippen LogP contribution in [0.15, 0.2) is 84.9 Å². The summed E-state index contributed by atoms with van der Waals surface area (Å²) in [5.41, 5.74) is 16.6. The molecule has 0 amide bonds. The Hall–Kier alpha value is -3.68. The molecule has 0 saturated heterocycles. The quantitative estimate of drug-likeness (QED) is 0.172. The average molecular weight is 605 g/mol. The number of benzene rings is 5. The zero-order valence-electron chi connectivity index (χ0n) is 25.9. The van der Waals surface area contributed by atoms with Crippen LogP contribution >= 0.6 is 7.92 Å². The number of alkyl halides is 3. The summed E-state index contributed by atoms with van der Waals surface area (Å²) in [6.45, 7) is 10.7. The van der Waals surface area contributed by atoms with Crippen LogP contribution in [0.4, 0.5) is 13.2 Å². The maximum Gasteiger partial charge on any atom is 0.409 e. The van der Waals surface area contributed by atoms with Crippen molar-refractivity contribution >= 4 is 13.2 Å². The fourth-order valence-corrected chi connectivity index (χ4v) is 10.1. The van der Waals surface area contributed by atoms with E-state index >= 15 is 13.2 Å². The van der Waals surface area contributed by atoms with E-state index in [1.165, 1.54) is 38.9 Å². The van der Waals surface area contributed by atoms with Crippen molar-refractivity contribution in [3.63, 3.8) is 0 Å². The van der Waals surface area contributed by atoms with E-state index in [-0.39, 0.29) is 12.1 Å². The number of hydrogen-bond acceptors (Lipinski definition) is 0. The highest BCUT2D eigenvalue weighted by molar-refractivity contribution is 7.66. The molecule has 0 aliphatic heterocycles. The first kappa shape index (κ1) is 29.1. The molecule has 0 heterocycles. The second-order valence-electron chi connectivity index (χ2n) is 12.4. The van der Waals surface area contributed by atoms with Gasteiger partial charge in [0.05, 0.1) is 0 Å². The van der Waals surface area contributed by atoms with Gasteiger partial charge in [0.1, 0.15) is 0 Å². The van der Waals surface area contributed by atoms with Gasteiger partial charge in [0.25, 0.3) is 0 Å². The summed E-state index contributed by atoms with van der Waals surface area (Å²) in [6.07, 6.45) is 1.23. The van der Waals surface area contributed by atoms with Gasteiger partial charge in [0, 0.05) is 20.0 Å². The summed E-state index contributed by atoms with van der Waals surface area (Å²) in [4.78, 5) is 0. The SMILES string of the molecule is CCc1c2c(cc(C3c4ccccc4-c4c(C)c(C)c(C)c(C)c43)c1P(Cc1ccccc1)C(F)(F)F)-c1ccccc1C2. The van der Waals surface area contributed by atoms with E-state index in [0.29, 0.717) is 18.1 Å². The van der Waals surface area contributed by atoms with Crippen LogP contribution in [0.3, 0.4) is 0 Å². The molecule has 2 atom stereocenters. The molecule has 44 heavy (non-hydrogen) atoms. The summed E-state index contributed by atoms with van der Waals surface area (Å²) in [7, 11) is -2.53. The maximum absolute atomic E-state index is 15.6. The molecular formula is C40H36F3P. The highest BCUT2D eigenvalue weighted by Gasteiger charge is 2.46. The predicted octanol–water partition coefficient (Wildman–Crippen LogP) is 11.0. The van der Waals surface area contributed by atoms with Crippen molar-refractivity contribution in [2.75, 3.05) is 0 Å². The zero-order chi connectivity index (χ0) is 30.9. The number of halogens is 3. The molecule has 2 aliphatic rings. The Bertz CT molecular complexity index is 1930. The molecule has 0 N–H and O–H groups in total. The van der Waals surface area contributed by atoms with Crippen molar-refractivity contribution in [1.29, 1.82) is 0 Å². The van der Waals surface area contributed by atoms with Crippen molar-refractivity contribution in [2.45, 2.75) is 65.5 Å². The van der Waals surface area contributed by atoms with Crippen LogP contribution in [0.1, 0.15) is 74.0 Å². The lowest BCUT2D eigenvalue weighted by atomic mass is 9.81. The van der Waals surface area contributed by atoms with Gasteiger partial charge >= 0.3 is 5.92 Å². The molecular weight excluding hydrogens is 568 g/mol. The molecule has 2 unspecified atom stereocenters.